The third kappa shape index (κ3) is 6.87. The molecule has 4 aromatic carbocycles. The van der Waals surface area contributed by atoms with Gasteiger partial charge in [0.05, 0.1) is 17.3 Å². The molecule has 7 rings (SSSR count). The summed E-state index contributed by atoms with van der Waals surface area (Å²) < 4.78 is 95.7. The van der Waals surface area contributed by atoms with Crippen molar-refractivity contribution in [3.05, 3.63) is 131 Å². The molecule has 3 heterocycles. The fourth-order valence-corrected chi connectivity index (χ4v) is 6.66. The summed E-state index contributed by atoms with van der Waals surface area (Å²) in [5, 5.41) is 6.09. The Hall–Kier alpha value is -4.89. The monoisotopic (exact) mass is 905 g/mol. The quantitative estimate of drug-likeness (QED) is 0.128. The third-order valence-electron chi connectivity index (χ3n) is 9.43. The summed E-state index contributed by atoms with van der Waals surface area (Å²) >= 11 is 0. The van der Waals surface area contributed by atoms with Crippen LogP contribution in [-0.2, 0) is 38.8 Å². The molecule has 53 heavy (non-hydrogen) atoms. The van der Waals surface area contributed by atoms with Crippen molar-refractivity contribution < 1.29 is 52.1 Å². The largest absolute Gasteiger partial charge is 2.00 e. The van der Waals surface area contributed by atoms with E-state index >= 15 is 0 Å². The van der Waals surface area contributed by atoms with E-state index in [1.807, 2.05) is 41.0 Å². The molecule has 3 aromatic heterocycles. The first kappa shape index (κ1) is 37.9. The molecule has 0 N–H and O–H groups in total. The Kier molecular flexibility index (Phi) is 9.65. The van der Waals surface area contributed by atoms with Crippen LogP contribution in [0.4, 0.5) is 26.3 Å². The van der Waals surface area contributed by atoms with Gasteiger partial charge < -0.3 is 9.30 Å². The van der Waals surface area contributed by atoms with Gasteiger partial charge in [-0.2, -0.15) is 43.6 Å². The number of fused-ring (bicyclic) bond motifs is 3. The zero-order valence-corrected chi connectivity index (χ0v) is 31.6. The van der Waals surface area contributed by atoms with Gasteiger partial charge in [-0.05, 0) is 77.7 Å². The number of hydrogen-bond acceptors (Lipinski definition) is 3. The Morgan fingerprint density at radius 1 is 0.717 bits per heavy atom. The van der Waals surface area contributed by atoms with Crippen LogP contribution in [0.5, 0.6) is 11.5 Å². The first-order valence-electron chi connectivity index (χ1n) is 16.4. The molecule has 0 spiro atoms. The van der Waals surface area contributed by atoms with Crippen molar-refractivity contribution in [3.8, 4) is 34.1 Å². The fraction of sp³-hybridized carbons (Fsp3) is 0.220. The van der Waals surface area contributed by atoms with Crippen LogP contribution in [-0.4, -0.2) is 19.3 Å². The second kappa shape index (κ2) is 13.5. The van der Waals surface area contributed by atoms with E-state index in [2.05, 4.69) is 44.1 Å². The number of nitrogens with zero attached hydrogens (tertiary/aromatic N) is 4. The van der Waals surface area contributed by atoms with Crippen LogP contribution >= 0.6 is 0 Å². The molecule has 5 nitrogen and oxygen atoms in total. The number of aromatic nitrogens is 4. The van der Waals surface area contributed by atoms with Gasteiger partial charge in [-0.1, -0.05) is 44.5 Å². The SMILES string of the molecule is Cc1c(C)c(C(F)(F)F)c(-c2cnn(-c3[c-]c(Oc4[c-]c5c(cc4)c4ccccc4n5-c4cc(C(C)(C)C)ccn4)ccc3)c2)c(C(F)(F)F)c1C.[Pt+2]. The summed E-state index contributed by atoms with van der Waals surface area (Å²) in [4.78, 5) is 4.69. The Morgan fingerprint density at radius 2 is 1.38 bits per heavy atom. The zero-order valence-electron chi connectivity index (χ0n) is 29.4. The molecule has 0 radical (unpaired) electrons. The topological polar surface area (TPSA) is 44.9 Å². The van der Waals surface area contributed by atoms with Crippen molar-refractivity contribution in [2.75, 3.05) is 0 Å². The zero-order chi connectivity index (χ0) is 37.3. The van der Waals surface area contributed by atoms with Gasteiger partial charge in [-0.25, -0.2) is 4.98 Å². The van der Waals surface area contributed by atoms with Crippen LogP contribution in [0, 0.1) is 32.9 Å². The van der Waals surface area contributed by atoms with Gasteiger partial charge in [0.2, 0.25) is 0 Å². The molecule has 274 valence electrons. The van der Waals surface area contributed by atoms with Crippen LogP contribution in [0.3, 0.4) is 0 Å². The predicted octanol–water partition coefficient (Wildman–Crippen LogP) is 11.7. The minimum Gasteiger partial charge on any atom is -0.509 e. The normalized spacial score (nSPS) is 12.4. The van der Waals surface area contributed by atoms with Gasteiger partial charge in [-0.3, -0.25) is 4.68 Å². The molecule has 0 aliphatic heterocycles. The number of rotatable bonds is 5. The van der Waals surface area contributed by atoms with E-state index in [4.69, 9.17) is 9.72 Å². The second-order valence-electron chi connectivity index (χ2n) is 13.8. The van der Waals surface area contributed by atoms with Crippen molar-refractivity contribution in [2.45, 2.75) is 59.3 Å². The summed E-state index contributed by atoms with van der Waals surface area (Å²) in [6.45, 7) is 10.0. The van der Waals surface area contributed by atoms with E-state index in [0.717, 1.165) is 45.6 Å². The van der Waals surface area contributed by atoms with Crippen molar-refractivity contribution in [3.63, 3.8) is 0 Å². The number of pyridine rings is 1. The molecule has 12 heteroatoms. The molecular formula is C41H32F6N4OPt. The average molecular weight is 906 g/mol. The van der Waals surface area contributed by atoms with Crippen molar-refractivity contribution in [2.24, 2.45) is 0 Å². The van der Waals surface area contributed by atoms with Gasteiger partial charge >= 0.3 is 33.4 Å². The summed E-state index contributed by atoms with van der Waals surface area (Å²) in [6, 6.07) is 26.9. The molecule has 0 saturated heterocycles. The number of halogens is 6. The summed E-state index contributed by atoms with van der Waals surface area (Å²) in [6.07, 6.45) is -6.17. The Morgan fingerprint density at radius 3 is 2.04 bits per heavy atom. The standard InChI is InChI=1S/C41H32F6N4O.Pt/c1-23-24(2)37(40(42,43)44)36(38(25(23)3)41(45,46)47)26-21-49-50(22-26)28-10-9-11-29(19-28)52-30-14-15-32-31-12-7-8-13-33(31)51(34(32)20-30)35-18-27(16-17-48-35)39(4,5)6;/h7-18,21-22H,1-6H3;/q-2;+2. The van der Waals surface area contributed by atoms with Crippen LogP contribution in [0.25, 0.3) is 44.4 Å². The number of alkyl halides is 6. The summed E-state index contributed by atoms with van der Waals surface area (Å²) in [5.74, 6) is 1.30. The first-order valence-corrected chi connectivity index (χ1v) is 16.4. The van der Waals surface area contributed by atoms with Crippen LogP contribution < -0.4 is 4.74 Å². The molecule has 0 unspecified atom stereocenters. The first-order chi connectivity index (χ1) is 24.4. The van der Waals surface area contributed by atoms with Gasteiger partial charge in [0.15, 0.2) is 0 Å². The van der Waals surface area contributed by atoms with Crippen molar-refractivity contribution in [1.29, 1.82) is 0 Å². The van der Waals surface area contributed by atoms with Gasteiger partial charge in [-0.15, -0.1) is 35.7 Å². The summed E-state index contributed by atoms with van der Waals surface area (Å²) in [5.41, 5.74) is -1.67. The van der Waals surface area contributed by atoms with E-state index in [-0.39, 0.29) is 60.2 Å². The minimum atomic E-state index is -5.05. The Bertz CT molecular complexity index is 2460. The summed E-state index contributed by atoms with van der Waals surface area (Å²) in [7, 11) is 0. The molecule has 0 aliphatic rings. The maximum Gasteiger partial charge on any atom is 2.00 e. The van der Waals surface area contributed by atoms with E-state index in [0.29, 0.717) is 5.75 Å². The van der Waals surface area contributed by atoms with Crippen LogP contribution in [0.15, 0.2) is 85.3 Å². The fourth-order valence-electron chi connectivity index (χ4n) is 6.66. The number of ether oxygens (including phenoxy) is 1. The molecular weight excluding hydrogens is 874 g/mol. The number of benzene rings is 4. The van der Waals surface area contributed by atoms with Crippen LogP contribution in [0.2, 0.25) is 0 Å². The average Bonchev–Trinajstić information content (AvgIpc) is 3.69. The molecule has 7 aromatic rings. The maximum atomic E-state index is 14.4. The van der Waals surface area contributed by atoms with Gasteiger partial charge in [0, 0.05) is 40.5 Å². The van der Waals surface area contributed by atoms with E-state index in [9.17, 15) is 26.3 Å². The molecule has 0 bridgehead atoms. The van der Waals surface area contributed by atoms with E-state index < -0.39 is 29.0 Å². The van der Waals surface area contributed by atoms with Crippen molar-refractivity contribution in [1.82, 2.24) is 19.3 Å². The third-order valence-corrected chi connectivity index (χ3v) is 9.43. The Balaban J connectivity index is 0.00000481. The van der Waals surface area contributed by atoms with E-state index in [1.54, 1.807) is 30.5 Å². The smallest absolute Gasteiger partial charge is 0.509 e. The number of para-hydroxylation sites is 1. The molecule has 0 saturated carbocycles. The molecule has 0 aliphatic carbocycles. The predicted molar refractivity (Wildman–Crippen MR) is 188 cm³/mol. The van der Waals surface area contributed by atoms with Crippen molar-refractivity contribution >= 4 is 21.8 Å². The minimum absolute atomic E-state index is 0. The molecule has 0 atom stereocenters. The van der Waals surface area contributed by atoms with Crippen LogP contribution in [0.1, 0.15) is 54.2 Å². The second-order valence-corrected chi connectivity index (χ2v) is 13.8. The van der Waals surface area contributed by atoms with Gasteiger partial charge in [0.1, 0.15) is 5.82 Å². The van der Waals surface area contributed by atoms with Gasteiger partial charge in [0.25, 0.3) is 0 Å². The number of hydrogen-bond donors (Lipinski definition) is 0. The molecule has 0 amide bonds. The van der Waals surface area contributed by atoms with E-state index in [1.165, 1.54) is 25.5 Å². The molecule has 0 fully saturated rings. The maximum absolute atomic E-state index is 14.4. The Labute approximate surface area is 316 Å².